The van der Waals surface area contributed by atoms with Gasteiger partial charge in [0.1, 0.15) is 16.9 Å². The van der Waals surface area contributed by atoms with Crippen molar-refractivity contribution in [3.05, 3.63) is 16.0 Å². The molecular formula is C10H12BrClN2O. The molecule has 0 atom stereocenters. The summed E-state index contributed by atoms with van der Waals surface area (Å²) in [6.07, 6.45) is 7.70. The second kappa shape index (κ2) is 5.12. The van der Waals surface area contributed by atoms with Crippen molar-refractivity contribution >= 4 is 27.5 Å². The third-order valence-corrected chi connectivity index (χ3v) is 3.78. The van der Waals surface area contributed by atoms with Gasteiger partial charge in [0, 0.05) is 0 Å². The van der Waals surface area contributed by atoms with Gasteiger partial charge in [-0.3, -0.25) is 0 Å². The monoisotopic (exact) mass is 290 g/mol. The van der Waals surface area contributed by atoms with Crippen LogP contribution in [0.3, 0.4) is 0 Å². The Morgan fingerprint density at radius 2 is 2.00 bits per heavy atom. The molecule has 0 saturated heterocycles. The Balaban J connectivity index is 2.06. The molecule has 0 N–H and O–H groups in total. The smallest absolute Gasteiger partial charge is 0.232 e. The highest BCUT2D eigenvalue weighted by Gasteiger charge is 2.17. The molecule has 1 saturated carbocycles. The van der Waals surface area contributed by atoms with Crippen LogP contribution in [0.15, 0.2) is 10.8 Å². The standard InChI is InChI=1S/C10H12BrClN2O/c11-8-9(12)13-6-14-10(8)15-7-4-2-1-3-5-7/h6-7H,1-5H2. The number of hydrogen-bond acceptors (Lipinski definition) is 3. The minimum absolute atomic E-state index is 0.279. The summed E-state index contributed by atoms with van der Waals surface area (Å²) < 4.78 is 6.43. The maximum atomic E-state index is 5.85. The molecule has 82 valence electrons. The molecule has 0 bridgehead atoms. The van der Waals surface area contributed by atoms with E-state index in [4.69, 9.17) is 16.3 Å². The number of hydrogen-bond donors (Lipinski definition) is 0. The predicted octanol–water partition coefficient (Wildman–Crippen LogP) is 3.60. The van der Waals surface area contributed by atoms with Crippen LogP contribution >= 0.6 is 27.5 Å². The summed E-state index contributed by atoms with van der Waals surface area (Å²) in [5.74, 6) is 0.557. The molecule has 0 radical (unpaired) electrons. The lowest BCUT2D eigenvalue weighted by Crippen LogP contribution is -2.20. The minimum Gasteiger partial charge on any atom is -0.473 e. The SMILES string of the molecule is Clc1ncnc(OC2CCCCC2)c1Br. The molecule has 15 heavy (non-hydrogen) atoms. The quantitative estimate of drug-likeness (QED) is 0.781. The summed E-state index contributed by atoms with van der Waals surface area (Å²) in [7, 11) is 0. The lowest BCUT2D eigenvalue weighted by molar-refractivity contribution is 0.147. The number of rotatable bonds is 2. The van der Waals surface area contributed by atoms with E-state index < -0.39 is 0 Å². The van der Waals surface area contributed by atoms with E-state index in [0.29, 0.717) is 15.5 Å². The maximum absolute atomic E-state index is 5.85. The second-order valence-corrected chi connectivity index (χ2v) is 4.81. The minimum atomic E-state index is 0.279. The summed E-state index contributed by atoms with van der Waals surface area (Å²) in [5.41, 5.74) is 0. The van der Waals surface area contributed by atoms with Gasteiger partial charge in [-0.25, -0.2) is 9.97 Å². The van der Waals surface area contributed by atoms with Gasteiger partial charge >= 0.3 is 0 Å². The molecule has 0 amide bonds. The van der Waals surface area contributed by atoms with E-state index >= 15 is 0 Å². The second-order valence-electron chi connectivity index (χ2n) is 3.66. The van der Waals surface area contributed by atoms with Gasteiger partial charge in [0.25, 0.3) is 0 Å². The van der Waals surface area contributed by atoms with Gasteiger partial charge in [0.15, 0.2) is 5.15 Å². The van der Waals surface area contributed by atoms with Crippen LogP contribution in [0.25, 0.3) is 0 Å². The zero-order valence-electron chi connectivity index (χ0n) is 8.25. The van der Waals surface area contributed by atoms with Gasteiger partial charge in [-0.2, -0.15) is 0 Å². The Labute approximate surface area is 102 Å². The Kier molecular flexibility index (Phi) is 3.81. The maximum Gasteiger partial charge on any atom is 0.232 e. The van der Waals surface area contributed by atoms with Crippen LogP contribution in [-0.2, 0) is 0 Å². The number of nitrogens with zero attached hydrogens (tertiary/aromatic N) is 2. The first-order valence-corrected chi connectivity index (χ1v) is 6.27. The lowest BCUT2D eigenvalue weighted by Gasteiger charge is -2.22. The van der Waals surface area contributed by atoms with Crippen molar-refractivity contribution in [2.24, 2.45) is 0 Å². The van der Waals surface area contributed by atoms with E-state index in [1.807, 2.05) is 0 Å². The van der Waals surface area contributed by atoms with Crippen LogP contribution in [0.4, 0.5) is 0 Å². The Morgan fingerprint density at radius 3 is 2.73 bits per heavy atom. The van der Waals surface area contributed by atoms with Gasteiger partial charge in [-0.05, 0) is 41.6 Å². The molecule has 0 spiro atoms. The zero-order chi connectivity index (χ0) is 10.7. The van der Waals surface area contributed by atoms with E-state index in [1.54, 1.807) is 0 Å². The molecule has 0 unspecified atom stereocenters. The molecule has 0 aromatic carbocycles. The van der Waals surface area contributed by atoms with Crippen molar-refractivity contribution in [2.75, 3.05) is 0 Å². The van der Waals surface area contributed by atoms with Crippen molar-refractivity contribution in [1.29, 1.82) is 0 Å². The predicted molar refractivity (Wildman–Crippen MR) is 62.2 cm³/mol. The highest BCUT2D eigenvalue weighted by atomic mass is 79.9. The molecule has 1 aliphatic rings. The summed E-state index contributed by atoms with van der Waals surface area (Å²) in [5, 5.41) is 0.399. The van der Waals surface area contributed by atoms with Crippen LogP contribution < -0.4 is 4.74 Å². The van der Waals surface area contributed by atoms with Gasteiger partial charge in [0.05, 0.1) is 0 Å². The largest absolute Gasteiger partial charge is 0.473 e. The average Bonchev–Trinajstić information content (AvgIpc) is 2.26. The van der Waals surface area contributed by atoms with E-state index in [-0.39, 0.29) is 6.10 Å². The molecule has 1 aliphatic carbocycles. The highest BCUT2D eigenvalue weighted by Crippen LogP contribution is 2.30. The Morgan fingerprint density at radius 1 is 1.27 bits per heavy atom. The highest BCUT2D eigenvalue weighted by molar-refractivity contribution is 9.10. The normalized spacial score (nSPS) is 17.7. The van der Waals surface area contributed by atoms with Crippen molar-refractivity contribution in [3.8, 4) is 5.88 Å². The summed E-state index contributed by atoms with van der Waals surface area (Å²) in [6.45, 7) is 0. The lowest BCUT2D eigenvalue weighted by atomic mass is 9.98. The molecular weight excluding hydrogens is 279 g/mol. The fraction of sp³-hybridized carbons (Fsp3) is 0.600. The average molecular weight is 292 g/mol. The molecule has 5 heteroatoms. The fourth-order valence-corrected chi connectivity index (χ4v) is 2.18. The van der Waals surface area contributed by atoms with E-state index in [2.05, 4.69) is 25.9 Å². The molecule has 1 aromatic rings. The molecule has 1 aromatic heterocycles. The number of halogens is 2. The van der Waals surface area contributed by atoms with Gasteiger partial charge < -0.3 is 4.74 Å². The van der Waals surface area contributed by atoms with Crippen molar-refractivity contribution in [1.82, 2.24) is 9.97 Å². The molecule has 1 heterocycles. The van der Waals surface area contributed by atoms with E-state index in [1.165, 1.54) is 25.6 Å². The first-order chi connectivity index (χ1) is 7.27. The van der Waals surface area contributed by atoms with Crippen LogP contribution in [0.2, 0.25) is 5.15 Å². The van der Waals surface area contributed by atoms with Crippen molar-refractivity contribution in [2.45, 2.75) is 38.2 Å². The molecule has 3 nitrogen and oxygen atoms in total. The van der Waals surface area contributed by atoms with Gasteiger partial charge in [-0.1, -0.05) is 18.0 Å². The van der Waals surface area contributed by atoms with Crippen molar-refractivity contribution < 1.29 is 4.74 Å². The molecule has 1 fully saturated rings. The van der Waals surface area contributed by atoms with Crippen molar-refractivity contribution in [3.63, 3.8) is 0 Å². The number of ether oxygens (including phenoxy) is 1. The van der Waals surface area contributed by atoms with Crippen LogP contribution in [0.5, 0.6) is 5.88 Å². The molecule has 0 aliphatic heterocycles. The molecule has 2 rings (SSSR count). The Hall–Kier alpha value is -0.350. The number of aromatic nitrogens is 2. The van der Waals surface area contributed by atoms with Crippen LogP contribution in [-0.4, -0.2) is 16.1 Å². The van der Waals surface area contributed by atoms with Crippen LogP contribution in [0.1, 0.15) is 32.1 Å². The summed E-state index contributed by atoms with van der Waals surface area (Å²) in [6, 6.07) is 0. The first-order valence-electron chi connectivity index (χ1n) is 5.10. The fourth-order valence-electron chi connectivity index (χ4n) is 1.76. The summed E-state index contributed by atoms with van der Waals surface area (Å²) in [4.78, 5) is 7.93. The van der Waals surface area contributed by atoms with E-state index in [0.717, 1.165) is 12.8 Å². The van der Waals surface area contributed by atoms with Crippen LogP contribution in [0, 0.1) is 0 Å². The third kappa shape index (κ3) is 2.82. The third-order valence-electron chi connectivity index (χ3n) is 2.55. The topological polar surface area (TPSA) is 35.0 Å². The van der Waals surface area contributed by atoms with E-state index in [9.17, 15) is 0 Å². The Bertz CT molecular complexity index is 342. The van der Waals surface area contributed by atoms with Gasteiger partial charge in [0.2, 0.25) is 5.88 Å². The van der Waals surface area contributed by atoms with Gasteiger partial charge in [-0.15, -0.1) is 0 Å². The summed E-state index contributed by atoms with van der Waals surface area (Å²) >= 11 is 9.18. The first kappa shape index (κ1) is 11.1. The zero-order valence-corrected chi connectivity index (χ0v) is 10.6.